The lowest BCUT2D eigenvalue weighted by Crippen LogP contribution is -2.16. The van der Waals surface area contributed by atoms with Gasteiger partial charge in [0.25, 0.3) is 5.91 Å². The topological polar surface area (TPSA) is 39.0 Å². The molecule has 148 valence electrons. The summed E-state index contributed by atoms with van der Waals surface area (Å²) < 4.78 is 4.10. The second-order valence-corrected chi connectivity index (χ2v) is 7.89. The van der Waals surface area contributed by atoms with Gasteiger partial charge >= 0.3 is 0 Å². The Morgan fingerprint density at radius 3 is 2.37 bits per heavy atom. The van der Waals surface area contributed by atoms with Crippen molar-refractivity contribution in [3.05, 3.63) is 95.8 Å². The third kappa shape index (κ3) is 2.98. The number of nitrogens with zero attached hydrogens (tertiary/aromatic N) is 2. The largest absolute Gasteiger partial charge is 0.350 e. The van der Waals surface area contributed by atoms with Crippen LogP contribution in [-0.4, -0.2) is 15.0 Å². The second-order valence-electron chi connectivity index (χ2n) is 7.89. The summed E-state index contributed by atoms with van der Waals surface area (Å²) >= 11 is 0. The van der Waals surface area contributed by atoms with E-state index >= 15 is 0 Å². The lowest BCUT2D eigenvalue weighted by molar-refractivity contribution is 0.102. The number of benzene rings is 3. The molecule has 0 spiro atoms. The van der Waals surface area contributed by atoms with Crippen molar-refractivity contribution in [2.75, 3.05) is 5.32 Å². The van der Waals surface area contributed by atoms with Gasteiger partial charge in [-0.2, -0.15) is 0 Å². The van der Waals surface area contributed by atoms with Gasteiger partial charge < -0.3 is 14.5 Å². The van der Waals surface area contributed by atoms with Crippen LogP contribution >= 0.6 is 0 Å². The van der Waals surface area contributed by atoms with Crippen LogP contribution in [0.3, 0.4) is 0 Å². The molecular weight excluding hydrogens is 370 g/mol. The van der Waals surface area contributed by atoms with Gasteiger partial charge in [-0.25, -0.2) is 0 Å². The number of aromatic nitrogens is 2. The minimum Gasteiger partial charge on any atom is -0.350 e. The van der Waals surface area contributed by atoms with Gasteiger partial charge in [-0.15, -0.1) is 0 Å². The smallest absolute Gasteiger partial charge is 0.272 e. The van der Waals surface area contributed by atoms with E-state index in [1.165, 1.54) is 11.1 Å². The highest BCUT2D eigenvalue weighted by Crippen LogP contribution is 2.28. The molecular formula is C26H23N3O. The SMILES string of the molecule is Cc1cc(C)cc(-n2c(C(=O)Nc3cccc4c3ccn4C)cc3ccccc32)c1. The third-order valence-corrected chi connectivity index (χ3v) is 5.58. The first kappa shape index (κ1) is 18.3. The second kappa shape index (κ2) is 6.92. The number of nitrogens with one attached hydrogen (secondary N) is 1. The molecule has 0 saturated carbocycles. The van der Waals surface area contributed by atoms with Gasteiger partial charge in [0.2, 0.25) is 0 Å². The molecule has 0 aliphatic carbocycles. The minimum atomic E-state index is -0.123. The Morgan fingerprint density at radius 1 is 0.833 bits per heavy atom. The molecule has 0 bridgehead atoms. The number of hydrogen-bond acceptors (Lipinski definition) is 1. The van der Waals surface area contributed by atoms with Crippen LogP contribution in [0.4, 0.5) is 5.69 Å². The van der Waals surface area contributed by atoms with Gasteiger partial charge in [0.15, 0.2) is 0 Å². The number of amides is 1. The van der Waals surface area contributed by atoms with Crippen LogP contribution in [0.1, 0.15) is 21.6 Å². The molecule has 4 heteroatoms. The highest BCUT2D eigenvalue weighted by molar-refractivity contribution is 6.10. The van der Waals surface area contributed by atoms with Crippen LogP contribution in [0.2, 0.25) is 0 Å². The van der Waals surface area contributed by atoms with E-state index in [-0.39, 0.29) is 5.91 Å². The fraction of sp³-hybridized carbons (Fsp3) is 0.115. The Labute approximate surface area is 175 Å². The molecule has 1 amide bonds. The lowest BCUT2D eigenvalue weighted by Gasteiger charge is -2.13. The Balaban J connectivity index is 1.66. The van der Waals surface area contributed by atoms with Gasteiger partial charge in [0, 0.05) is 35.2 Å². The Kier molecular flexibility index (Phi) is 4.21. The van der Waals surface area contributed by atoms with E-state index in [1.54, 1.807) is 0 Å². The number of carbonyl (C=O) groups excluding carboxylic acids is 1. The lowest BCUT2D eigenvalue weighted by atomic mass is 10.1. The van der Waals surface area contributed by atoms with E-state index in [4.69, 9.17) is 0 Å². The average molecular weight is 393 g/mol. The van der Waals surface area contributed by atoms with Crippen LogP contribution in [0.25, 0.3) is 27.5 Å². The Bertz CT molecular complexity index is 1400. The number of hydrogen-bond donors (Lipinski definition) is 1. The molecule has 2 heterocycles. The standard InChI is InChI=1S/C26H23N3O/c1-17-13-18(2)15-20(14-17)29-23-9-5-4-7-19(23)16-25(29)26(30)27-22-8-6-10-24-21(22)11-12-28(24)3/h4-16H,1-3H3,(H,27,30). The predicted octanol–water partition coefficient (Wildman–Crippen LogP) is 5.99. The summed E-state index contributed by atoms with van der Waals surface area (Å²) in [6, 6.07) is 24.5. The Morgan fingerprint density at radius 2 is 1.57 bits per heavy atom. The normalized spacial score (nSPS) is 11.3. The first-order valence-corrected chi connectivity index (χ1v) is 10.1. The monoisotopic (exact) mass is 393 g/mol. The first-order valence-electron chi connectivity index (χ1n) is 10.1. The predicted molar refractivity (Wildman–Crippen MR) is 124 cm³/mol. The minimum absolute atomic E-state index is 0.123. The van der Waals surface area contributed by atoms with E-state index in [9.17, 15) is 4.79 Å². The number of anilines is 1. The van der Waals surface area contributed by atoms with Gasteiger partial charge in [-0.1, -0.05) is 30.3 Å². The summed E-state index contributed by atoms with van der Waals surface area (Å²) in [7, 11) is 2.01. The van der Waals surface area contributed by atoms with Crippen LogP contribution in [-0.2, 0) is 7.05 Å². The molecule has 3 aromatic carbocycles. The zero-order valence-corrected chi connectivity index (χ0v) is 17.3. The number of para-hydroxylation sites is 1. The summed E-state index contributed by atoms with van der Waals surface area (Å²) in [5.74, 6) is -0.123. The summed E-state index contributed by atoms with van der Waals surface area (Å²) in [5, 5.41) is 5.21. The van der Waals surface area contributed by atoms with E-state index < -0.39 is 0 Å². The van der Waals surface area contributed by atoms with Crippen molar-refractivity contribution >= 4 is 33.4 Å². The van der Waals surface area contributed by atoms with Crippen LogP contribution in [0.5, 0.6) is 0 Å². The van der Waals surface area contributed by atoms with Crippen LogP contribution in [0, 0.1) is 13.8 Å². The fourth-order valence-electron chi connectivity index (χ4n) is 4.28. The molecule has 0 atom stereocenters. The van der Waals surface area contributed by atoms with Crippen molar-refractivity contribution in [2.45, 2.75) is 13.8 Å². The zero-order valence-electron chi connectivity index (χ0n) is 17.3. The molecule has 5 rings (SSSR count). The third-order valence-electron chi connectivity index (χ3n) is 5.58. The fourth-order valence-corrected chi connectivity index (χ4v) is 4.28. The van der Waals surface area contributed by atoms with Crippen molar-refractivity contribution in [1.29, 1.82) is 0 Å². The number of aryl methyl sites for hydroxylation is 3. The van der Waals surface area contributed by atoms with Crippen LogP contribution < -0.4 is 5.32 Å². The van der Waals surface area contributed by atoms with Crippen molar-refractivity contribution in [2.24, 2.45) is 7.05 Å². The maximum Gasteiger partial charge on any atom is 0.272 e. The molecule has 0 saturated heterocycles. The molecule has 5 aromatic rings. The molecule has 2 aromatic heterocycles. The van der Waals surface area contributed by atoms with E-state index in [2.05, 4.69) is 58.6 Å². The molecule has 1 N–H and O–H groups in total. The van der Waals surface area contributed by atoms with Crippen molar-refractivity contribution < 1.29 is 4.79 Å². The molecule has 0 aliphatic rings. The van der Waals surface area contributed by atoms with E-state index in [0.717, 1.165) is 33.2 Å². The average Bonchev–Trinajstić information content (AvgIpc) is 3.29. The van der Waals surface area contributed by atoms with Gasteiger partial charge in [-0.3, -0.25) is 4.79 Å². The maximum atomic E-state index is 13.5. The summed E-state index contributed by atoms with van der Waals surface area (Å²) in [6.45, 7) is 4.16. The van der Waals surface area contributed by atoms with Crippen LogP contribution in [0.15, 0.2) is 79.0 Å². The van der Waals surface area contributed by atoms with Crippen molar-refractivity contribution in [3.63, 3.8) is 0 Å². The summed E-state index contributed by atoms with van der Waals surface area (Å²) in [6.07, 6.45) is 2.01. The van der Waals surface area contributed by atoms with E-state index in [0.29, 0.717) is 5.69 Å². The maximum absolute atomic E-state index is 13.5. The number of fused-ring (bicyclic) bond motifs is 2. The molecule has 30 heavy (non-hydrogen) atoms. The molecule has 0 aliphatic heterocycles. The van der Waals surface area contributed by atoms with Gasteiger partial charge in [0.1, 0.15) is 5.69 Å². The zero-order chi connectivity index (χ0) is 20.8. The van der Waals surface area contributed by atoms with Crippen molar-refractivity contribution in [1.82, 2.24) is 9.13 Å². The van der Waals surface area contributed by atoms with Gasteiger partial charge in [-0.05, 0) is 67.4 Å². The van der Waals surface area contributed by atoms with E-state index in [1.807, 2.05) is 55.7 Å². The molecule has 0 fully saturated rings. The number of rotatable bonds is 3. The highest BCUT2D eigenvalue weighted by Gasteiger charge is 2.18. The number of carbonyl (C=O) groups is 1. The first-order chi connectivity index (χ1) is 14.5. The molecule has 0 radical (unpaired) electrons. The molecule has 4 nitrogen and oxygen atoms in total. The Hall–Kier alpha value is -3.79. The molecule has 0 unspecified atom stereocenters. The summed E-state index contributed by atoms with van der Waals surface area (Å²) in [5.41, 5.74) is 6.88. The van der Waals surface area contributed by atoms with Crippen molar-refractivity contribution in [3.8, 4) is 5.69 Å². The van der Waals surface area contributed by atoms with Gasteiger partial charge in [0.05, 0.1) is 11.2 Å². The summed E-state index contributed by atoms with van der Waals surface area (Å²) in [4.78, 5) is 13.5. The highest BCUT2D eigenvalue weighted by atomic mass is 16.1. The quantitative estimate of drug-likeness (QED) is 0.402.